The van der Waals surface area contributed by atoms with E-state index in [1.54, 1.807) is 18.5 Å². The highest BCUT2D eigenvalue weighted by Gasteiger charge is 1.99. The van der Waals surface area contributed by atoms with Gasteiger partial charge < -0.3 is 16.4 Å². The molecule has 0 aromatic carbocycles. The Bertz CT molecular complexity index is 327. The van der Waals surface area contributed by atoms with Crippen LogP contribution < -0.4 is 16.4 Å². The van der Waals surface area contributed by atoms with Crippen LogP contribution in [0.5, 0.6) is 0 Å². The van der Waals surface area contributed by atoms with Gasteiger partial charge in [0.15, 0.2) is 0 Å². The van der Waals surface area contributed by atoms with Gasteiger partial charge in [-0.15, -0.1) is 0 Å². The predicted octanol–water partition coefficient (Wildman–Crippen LogP) is 0.602. The number of amides is 1. The summed E-state index contributed by atoms with van der Waals surface area (Å²) in [5.41, 5.74) is 6.87. The van der Waals surface area contributed by atoms with Crippen LogP contribution in [0.4, 0.5) is 11.4 Å². The molecule has 0 aliphatic carbocycles. The zero-order valence-corrected chi connectivity index (χ0v) is 8.79. The smallest absolute Gasteiger partial charge is 0.239 e. The lowest BCUT2D eigenvalue weighted by Gasteiger charge is -2.06. The predicted molar refractivity (Wildman–Crippen MR) is 60.4 cm³/mol. The van der Waals surface area contributed by atoms with Gasteiger partial charge in [0.2, 0.25) is 5.91 Å². The summed E-state index contributed by atoms with van der Waals surface area (Å²) in [7, 11) is 0. The Kier molecular flexibility index (Phi) is 4.40. The maximum Gasteiger partial charge on any atom is 0.239 e. The molecule has 0 saturated carbocycles. The number of hydrogen-bond donors (Lipinski definition) is 3. The van der Waals surface area contributed by atoms with Gasteiger partial charge in [-0.05, 0) is 12.5 Å². The summed E-state index contributed by atoms with van der Waals surface area (Å²) in [6, 6.07) is 1.74. The second-order valence-corrected chi connectivity index (χ2v) is 3.21. The average molecular weight is 208 g/mol. The molecule has 0 atom stereocenters. The molecule has 82 valence electrons. The number of hydrogen-bond acceptors (Lipinski definition) is 4. The van der Waals surface area contributed by atoms with E-state index in [0.717, 1.165) is 12.1 Å². The van der Waals surface area contributed by atoms with E-state index >= 15 is 0 Å². The lowest BCUT2D eigenvalue weighted by molar-refractivity contribution is -0.119. The Hall–Kier alpha value is -1.78. The number of nitrogens with two attached hydrogens (primary N) is 1. The Labute approximate surface area is 89.1 Å². The summed E-state index contributed by atoms with van der Waals surface area (Å²) in [5, 5.41) is 5.70. The molecule has 0 bridgehead atoms. The summed E-state index contributed by atoms with van der Waals surface area (Å²) >= 11 is 0. The van der Waals surface area contributed by atoms with E-state index in [1.165, 1.54) is 0 Å². The van der Waals surface area contributed by atoms with E-state index in [9.17, 15) is 4.79 Å². The second-order valence-electron chi connectivity index (χ2n) is 3.21. The van der Waals surface area contributed by atoms with Crippen LogP contribution in [0.25, 0.3) is 0 Å². The van der Waals surface area contributed by atoms with Crippen LogP contribution in [0.15, 0.2) is 18.5 Å². The van der Waals surface area contributed by atoms with Crippen LogP contribution in [0.3, 0.4) is 0 Å². The number of anilines is 2. The largest absolute Gasteiger partial charge is 0.397 e. The highest BCUT2D eigenvalue weighted by Crippen LogP contribution is 2.08. The fourth-order valence-corrected chi connectivity index (χ4v) is 1.06. The molecule has 1 heterocycles. The van der Waals surface area contributed by atoms with E-state index < -0.39 is 0 Å². The minimum absolute atomic E-state index is 0.0284. The highest BCUT2D eigenvalue weighted by atomic mass is 16.1. The molecule has 4 N–H and O–H groups in total. The first-order valence-electron chi connectivity index (χ1n) is 4.93. The zero-order chi connectivity index (χ0) is 11.1. The van der Waals surface area contributed by atoms with Gasteiger partial charge in [-0.3, -0.25) is 9.78 Å². The fourth-order valence-electron chi connectivity index (χ4n) is 1.06. The fraction of sp³-hybridized carbons (Fsp3) is 0.400. The van der Waals surface area contributed by atoms with Crippen molar-refractivity contribution < 1.29 is 4.79 Å². The van der Waals surface area contributed by atoms with E-state index in [-0.39, 0.29) is 12.5 Å². The number of aromatic nitrogens is 1. The monoisotopic (exact) mass is 208 g/mol. The van der Waals surface area contributed by atoms with E-state index in [2.05, 4.69) is 15.6 Å². The number of pyridine rings is 1. The molecule has 1 aromatic rings. The van der Waals surface area contributed by atoms with E-state index in [1.807, 2.05) is 6.92 Å². The molecule has 0 aliphatic rings. The Morgan fingerprint density at radius 1 is 1.53 bits per heavy atom. The molecule has 5 heteroatoms. The molecule has 0 radical (unpaired) electrons. The summed E-state index contributed by atoms with van der Waals surface area (Å²) in [6.45, 7) is 2.95. The third-order valence-corrected chi connectivity index (χ3v) is 1.78. The maximum absolute atomic E-state index is 11.2. The van der Waals surface area contributed by atoms with Crippen molar-refractivity contribution in [3.8, 4) is 0 Å². The van der Waals surface area contributed by atoms with Crippen molar-refractivity contribution in [2.24, 2.45) is 0 Å². The lowest BCUT2D eigenvalue weighted by atomic mass is 10.3. The summed E-state index contributed by atoms with van der Waals surface area (Å²) in [4.78, 5) is 15.1. The van der Waals surface area contributed by atoms with Crippen LogP contribution in [-0.4, -0.2) is 24.0 Å². The van der Waals surface area contributed by atoms with Crippen LogP contribution in [-0.2, 0) is 4.79 Å². The van der Waals surface area contributed by atoms with Gasteiger partial charge in [0, 0.05) is 12.7 Å². The molecule has 1 amide bonds. The standard InChI is InChI=1S/C10H16N4O/c1-2-3-13-10(15)7-14-9-4-8(11)5-12-6-9/h4-6,14H,2-3,7,11H2,1H3,(H,13,15). The number of nitrogens with one attached hydrogen (secondary N) is 2. The molecule has 0 spiro atoms. The van der Waals surface area contributed by atoms with Gasteiger partial charge in [-0.2, -0.15) is 0 Å². The van der Waals surface area contributed by atoms with Gasteiger partial charge in [0.25, 0.3) is 0 Å². The molecule has 0 fully saturated rings. The normalized spacial score (nSPS) is 9.67. The third-order valence-electron chi connectivity index (χ3n) is 1.78. The molecule has 1 rings (SSSR count). The van der Waals surface area contributed by atoms with Crippen LogP contribution >= 0.6 is 0 Å². The van der Waals surface area contributed by atoms with Crippen molar-refractivity contribution in [3.63, 3.8) is 0 Å². The topological polar surface area (TPSA) is 80.0 Å². The molecule has 0 aliphatic heterocycles. The first-order valence-corrected chi connectivity index (χ1v) is 4.93. The first-order chi connectivity index (χ1) is 7.22. The van der Waals surface area contributed by atoms with E-state index in [0.29, 0.717) is 12.2 Å². The highest BCUT2D eigenvalue weighted by molar-refractivity contribution is 5.80. The van der Waals surface area contributed by atoms with Crippen molar-refractivity contribution in [2.75, 3.05) is 24.1 Å². The van der Waals surface area contributed by atoms with Crippen LogP contribution in [0.1, 0.15) is 13.3 Å². The molecule has 5 nitrogen and oxygen atoms in total. The van der Waals surface area contributed by atoms with Crippen molar-refractivity contribution in [1.82, 2.24) is 10.3 Å². The van der Waals surface area contributed by atoms with Crippen molar-refractivity contribution in [2.45, 2.75) is 13.3 Å². The molecular weight excluding hydrogens is 192 g/mol. The molecule has 15 heavy (non-hydrogen) atoms. The van der Waals surface area contributed by atoms with Crippen molar-refractivity contribution >= 4 is 17.3 Å². The van der Waals surface area contributed by atoms with Gasteiger partial charge in [-0.1, -0.05) is 6.92 Å². The minimum Gasteiger partial charge on any atom is -0.397 e. The zero-order valence-electron chi connectivity index (χ0n) is 8.79. The maximum atomic E-state index is 11.2. The molecule has 0 saturated heterocycles. The van der Waals surface area contributed by atoms with Crippen LogP contribution in [0.2, 0.25) is 0 Å². The quantitative estimate of drug-likeness (QED) is 0.662. The number of carbonyl (C=O) groups is 1. The lowest BCUT2D eigenvalue weighted by Crippen LogP contribution is -2.30. The molecule has 1 aromatic heterocycles. The number of nitrogen functional groups attached to an aromatic ring is 1. The summed E-state index contributed by atoms with van der Waals surface area (Å²) in [6.07, 6.45) is 4.12. The molecular formula is C10H16N4O. The number of rotatable bonds is 5. The Morgan fingerprint density at radius 3 is 3.00 bits per heavy atom. The van der Waals surface area contributed by atoms with Gasteiger partial charge in [0.1, 0.15) is 0 Å². The SMILES string of the molecule is CCCNC(=O)CNc1cncc(N)c1. The molecule has 0 unspecified atom stereocenters. The third kappa shape index (κ3) is 4.30. The van der Waals surface area contributed by atoms with Gasteiger partial charge in [0.05, 0.1) is 24.1 Å². The van der Waals surface area contributed by atoms with E-state index in [4.69, 9.17) is 5.73 Å². The van der Waals surface area contributed by atoms with Crippen LogP contribution in [0, 0.1) is 0 Å². The average Bonchev–Trinajstić information content (AvgIpc) is 2.23. The van der Waals surface area contributed by atoms with Gasteiger partial charge in [-0.25, -0.2) is 0 Å². The minimum atomic E-state index is -0.0284. The summed E-state index contributed by atoms with van der Waals surface area (Å²) in [5.74, 6) is -0.0284. The van der Waals surface area contributed by atoms with Gasteiger partial charge >= 0.3 is 0 Å². The summed E-state index contributed by atoms with van der Waals surface area (Å²) < 4.78 is 0. The van der Waals surface area contributed by atoms with Crippen molar-refractivity contribution in [3.05, 3.63) is 18.5 Å². The Balaban J connectivity index is 2.33. The second kappa shape index (κ2) is 5.85. The number of nitrogens with zero attached hydrogens (tertiary/aromatic N) is 1. The Morgan fingerprint density at radius 2 is 2.33 bits per heavy atom. The van der Waals surface area contributed by atoms with Crippen molar-refractivity contribution in [1.29, 1.82) is 0 Å². The number of carbonyl (C=O) groups excluding carboxylic acids is 1. The first kappa shape index (κ1) is 11.3.